The zero-order valence-corrected chi connectivity index (χ0v) is 18.1. The predicted molar refractivity (Wildman–Crippen MR) is 108 cm³/mol. The first kappa shape index (κ1) is 26.1. The third kappa shape index (κ3) is 5.10. The van der Waals surface area contributed by atoms with Crippen LogP contribution in [0, 0.1) is 0 Å². The van der Waals surface area contributed by atoms with Crippen LogP contribution in [0.1, 0.15) is 26.7 Å². The standard InChI is InChI=1S/C19H37N3O10/c1-5(20)14-12(27)13(28)19(29-14)32-17-8(24)4-3-7(21)16(17)31-18-9(22)10(25)11(26)15(30-18)6(2)23/h5-19,23-28H,3-4,20-22H2,1-2H3/t5-,6-,7?,8?,9?,10-,11+,12-,13?,14-,15?,16-,17-,18-,19+/m1/s1. The fourth-order valence-corrected chi connectivity index (χ4v) is 4.46. The lowest BCUT2D eigenvalue weighted by atomic mass is 9.87. The van der Waals surface area contributed by atoms with Crippen LogP contribution in [0.2, 0.25) is 0 Å². The number of aliphatic hydroxyl groups is 6. The van der Waals surface area contributed by atoms with Crippen molar-refractivity contribution in [3.63, 3.8) is 0 Å². The molecule has 12 N–H and O–H groups in total. The fraction of sp³-hybridized carbons (Fsp3) is 1.00. The maximum atomic E-state index is 10.6. The van der Waals surface area contributed by atoms with Gasteiger partial charge >= 0.3 is 0 Å². The molecule has 13 heteroatoms. The van der Waals surface area contributed by atoms with Crippen LogP contribution in [-0.4, -0.2) is 122 Å². The molecule has 15 atom stereocenters. The molecule has 0 bridgehead atoms. The van der Waals surface area contributed by atoms with Crippen molar-refractivity contribution >= 4 is 0 Å². The molecule has 13 nitrogen and oxygen atoms in total. The zero-order valence-electron chi connectivity index (χ0n) is 18.1. The highest BCUT2D eigenvalue weighted by Crippen LogP contribution is 2.33. The van der Waals surface area contributed by atoms with Gasteiger partial charge in [-0.2, -0.15) is 0 Å². The molecule has 32 heavy (non-hydrogen) atoms. The van der Waals surface area contributed by atoms with Crippen LogP contribution in [0.3, 0.4) is 0 Å². The van der Waals surface area contributed by atoms with Crippen molar-refractivity contribution in [3.05, 3.63) is 0 Å². The van der Waals surface area contributed by atoms with Gasteiger partial charge in [0.2, 0.25) is 0 Å². The quantitative estimate of drug-likeness (QED) is 0.178. The average molecular weight is 468 g/mol. The first-order valence-electron chi connectivity index (χ1n) is 10.9. The average Bonchev–Trinajstić information content (AvgIpc) is 3.01. The predicted octanol–water partition coefficient (Wildman–Crippen LogP) is -4.81. The minimum Gasteiger partial charge on any atom is -0.391 e. The molecule has 2 heterocycles. The summed E-state index contributed by atoms with van der Waals surface area (Å²) in [6, 6.07) is -2.40. The zero-order chi connectivity index (χ0) is 23.9. The lowest BCUT2D eigenvalue weighted by Gasteiger charge is -2.46. The summed E-state index contributed by atoms with van der Waals surface area (Å²) in [6.07, 6.45) is -13.8. The van der Waals surface area contributed by atoms with Crippen LogP contribution in [0.25, 0.3) is 0 Å². The van der Waals surface area contributed by atoms with Gasteiger partial charge in [0.05, 0.1) is 18.2 Å². The van der Waals surface area contributed by atoms with Crippen LogP contribution in [0.15, 0.2) is 0 Å². The molecular formula is C19H37N3O10. The van der Waals surface area contributed by atoms with Crippen LogP contribution in [0.4, 0.5) is 0 Å². The van der Waals surface area contributed by atoms with Gasteiger partial charge in [0.15, 0.2) is 12.6 Å². The van der Waals surface area contributed by atoms with Gasteiger partial charge in [0.1, 0.15) is 48.8 Å². The van der Waals surface area contributed by atoms with Gasteiger partial charge in [-0.3, -0.25) is 0 Å². The van der Waals surface area contributed by atoms with Crippen molar-refractivity contribution in [1.29, 1.82) is 0 Å². The van der Waals surface area contributed by atoms with Crippen molar-refractivity contribution in [2.24, 2.45) is 17.2 Å². The Morgan fingerprint density at radius 3 is 1.91 bits per heavy atom. The molecule has 0 aromatic rings. The van der Waals surface area contributed by atoms with E-state index in [-0.39, 0.29) is 6.42 Å². The van der Waals surface area contributed by atoms with E-state index in [9.17, 15) is 30.6 Å². The number of aliphatic hydroxyl groups excluding tert-OH is 6. The summed E-state index contributed by atoms with van der Waals surface area (Å²) >= 11 is 0. The van der Waals surface area contributed by atoms with Crippen molar-refractivity contribution < 1.29 is 49.6 Å². The molecular weight excluding hydrogens is 430 g/mol. The van der Waals surface area contributed by atoms with Crippen molar-refractivity contribution in [2.75, 3.05) is 0 Å². The summed E-state index contributed by atoms with van der Waals surface area (Å²) in [5.74, 6) is 0. The molecule has 3 fully saturated rings. The molecule has 0 radical (unpaired) electrons. The van der Waals surface area contributed by atoms with Crippen molar-refractivity contribution in [2.45, 2.75) is 118 Å². The van der Waals surface area contributed by atoms with Gasteiger partial charge in [0.25, 0.3) is 0 Å². The molecule has 2 aliphatic heterocycles. The van der Waals surface area contributed by atoms with E-state index in [1.807, 2.05) is 0 Å². The Bertz CT molecular complexity index is 616. The lowest BCUT2D eigenvalue weighted by Crippen LogP contribution is -2.66. The van der Waals surface area contributed by atoms with E-state index >= 15 is 0 Å². The summed E-state index contributed by atoms with van der Waals surface area (Å²) in [6.45, 7) is 3.00. The van der Waals surface area contributed by atoms with Gasteiger partial charge in [-0.25, -0.2) is 0 Å². The summed E-state index contributed by atoms with van der Waals surface area (Å²) < 4.78 is 22.9. The van der Waals surface area contributed by atoms with E-state index in [0.29, 0.717) is 6.42 Å². The SMILES string of the molecule is C[C@@H](O)C1O[C@H](O[C@@H]2C(N)CCC(O)[C@H]2O[C@@H]2O[C@H]([C@@H](C)N)[C@H](O)C2O)C(N)[C@@H](O)[C@@H]1O. The van der Waals surface area contributed by atoms with Gasteiger partial charge in [-0.05, 0) is 26.7 Å². The number of hydrogen-bond donors (Lipinski definition) is 9. The maximum Gasteiger partial charge on any atom is 0.187 e. The largest absolute Gasteiger partial charge is 0.391 e. The summed E-state index contributed by atoms with van der Waals surface area (Å²) in [5, 5.41) is 61.4. The van der Waals surface area contributed by atoms with Crippen LogP contribution >= 0.6 is 0 Å². The second-order valence-corrected chi connectivity index (χ2v) is 9.09. The molecule has 0 amide bonds. The Balaban J connectivity index is 1.76. The topological polar surface area (TPSA) is 236 Å². The Hall–Kier alpha value is -0.520. The molecule has 1 saturated carbocycles. The summed E-state index contributed by atoms with van der Waals surface area (Å²) in [7, 11) is 0. The third-order valence-corrected chi connectivity index (χ3v) is 6.44. The molecule has 188 valence electrons. The van der Waals surface area contributed by atoms with E-state index in [1.54, 1.807) is 6.92 Å². The fourth-order valence-electron chi connectivity index (χ4n) is 4.46. The highest BCUT2D eigenvalue weighted by molar-refractivity contribution is 4.98. The minimum atomic E-state index is -1.45. The van der Waals surface area contributed by atoms with E-state index in [0.717, 1.165) is 0 Å². The molecule has 3 rings (SSSR count). The molecule has 1 aliphatic carbocycles. The molecule has 0 aromatic heterocycles. The van der Waals surface area contributed by atoms with E-state index in [1.165, 1.54) is 6.92 Å². The van der Waals surface area contributed by atoms with E-state index in [2.05, 4.69) is 0 Å². The summed E-state index contributed by atoms with van der Waals surface area (Å²) in [5.41, 5.74) is 18.0. The monoisotopic (exact) mass is 467 g/mol. The Kier molecular flexibility index (Phi) is 8.48. The van der Waals surface area contributed by atoms with Gasteiger partial charge in [-0.1, -0.05) is 0 Å². The molecule has 0 aromatic carbocycles. The highest BCUT2D eigenvalue weighted by Gasteiger charge is 2.51. The normalized spacial score (nSPS) is 52.0. The van der Waals surface area contributed by atoms with E-state index in [4.69, 9.17) is 36.1 Å². The molecule has 5 unspecified atom stereocenters. The Labute approximate surface area is 186 Å². The number of ether oxygens (including phenoxy) is 4. The number of nitrogens with two attached hydrogens (primary N) is 3. The van der Waals surface area contributed by atoms with Crippen LogP contribution in [-0.2, 0) is 18.9 Å². The maximum absolute atomic E-state index is 10.6. The number of rotatable bonds is 6. The minimum absolute atomic E-state index is 0.281. The smallest absolute Gasteiger partial charge is 0.187 e. The Morgan fingerprint density at radius 2 is 1.34 bits per heavy atom. The third-order valence-electron chi connectivity index (χ3n) is 6.44. The molecule has 3 aliphatic rings. The van der Waals surface area contributed by atoms with Gasteiger partial charge in [-0.15, -0.1) is 0 Å². The Morgan fingerprint density at radius 1 is 0.781 bits per heavy atom. The van der Waals surface area contributed by atoms with Crippen molar-refractivity contribution in [3.8, 4) is 0 Å². The molecule has 0 spiro atoms. The van der Waals surface area contributed by atoms with E-state index < -0.39 is 91.7 Å². The lowest BCUT2D eigenvalue weighted by molar-refractivity contribution is -0.314. The first-order chi connectivity index (χ1) is 14.9. The van der Waals surface area contributed by atoms with Gasteiger partial charge < -0.3 is 66.8 Å². The van der Waals surface area contributed by atoms with Crippen LogP contribution < -0.4 is 17.2 Å². The molecule has 2 saturated heterocycles. The second-order valence-electron chi connectivity index (χ2n) is 9.09. The van der Waals surface area contributed by atoms with Crippen LogP contribution in [0.5, 0.6) is 0 Å². The second kappa shape index (κ2) is 10.4. The number of hydrogen-bond acceptors (Lipinski definition) is 13. The summed E-state index contributed by atoms with van der Waals surface area (Å²) in [4.78, 5) is 0. The van der Waals surface area contributed by atoms with Gasteiger partial charge in [0, 0.05) is 12.1 Å². The highest BCUT2D eigenvalue weighted by atomic mass is 16.7. The van der Waals surface area contributed by atoms with Crippen molar-refractivity contribution in [1.82, 2.24) is 0 Å². The first-order valence-corrected chi connectivity index (χ1v) is 10.9.